The van der Waals surface area contributed by atoms with Crippen LogP contribution in [0.15, 0.2) is 24.3 Å². The van der Waals surface area contributed by atoms with Crippen molar-refractivity contribution in [2.45, 2.75) is 12.1 Å². The molecule has 0 radical (unpaired) electrons. The summed E-state index contributed by atoms with van der Waals surface area (Å²) in [6, 6.07) is 8.21. The molecule has 0 heterocycles. The number of hydrogen-bond acceptors (Lipinski definition) is 4. The third-order valence-corrected chi connectivity index (χ3v) is 2.11. The van der Waals surface area contributed by atoms with Gasteiger partial charge in [-0.2, -0.15) is 18.4 Å². The molecule has 0 spiro atoms. The minimum absolute atomic E-state index is 0.492. The van der Waals surface area contributed by atoms with Gasteiger partial charge in [0.05, 0.1) is 24.7 Å². The molecule has 0 atom stereocenters. The van der Waals surface area contributed by atoms with E-state index >= 15 is 0 Å². The number of rotatable bonds is 4. The van der Waals surface area contributed by atoms with Crippen molar-refractivity contribution in [3.63, 3.8) is 0 Å². The molecule has 1 rings (SSSR count). The number of halogens is 5. The average Bonchev–Trinajstić information content (AvgIpc) is 2.45. The van der Waals surface area contributed by atoms with Crippen LogP contribution in [-0.4, -0.2) is 36.3 Å². The van der Waals surface area contributed by atoms with E-state index in [4.69, 9.17) is 20.9 Å². The Bertz CT molecular complexity index is 523. The molecule has 0 unspecified atom stereocenters. The number of benzene rings is 1. The zero-order valence-corrected chi connectivity index (χ0v) is 11.0. The summed E-state index contributed by atoms with van der Waals surface area (Å²) in [4.78, 5) is 8.90. The lowest BCUT2D eigenvalue weighted by atomic mass is 10.2. The van der Waals surface area contributed by atoms with Crippen LogP contribution in [0.25, 0.3) is 0 Å². The van der Waals surface area contributed by atoms with Gasteiger partial charge in [0.25, 0.3) is 5.92 Å². The van der Waals surface area contributed by atoms with E-state index in [9.17, 15) is 22.0 Å². The molecule has 22 heavy (non-hydrogen) atoms. The Hall–Kier alpha value is -2.41. The van der Waals surface area contributed by atoms with Crippen molar-refractivity contribution in [2.75, 3.05) is 18.4 Å². The monoisotopic (exact) mass is 325 g/mol. The zero-order chi connectivity index (χ0) is 17.4. The number of carboxylic acid groups (broad SMARTS) is 1. The SMILES string of the molecule is N#Cc1ccc(NCC(F)(F)CN)cc1.O=C(O)C(F)(F)F. The maximum atomic E-state index is 12.7. The first-order valence-electron chi connectivity index (χ1n) is 5.64. The molecule has 0 aliphatic rings. The number of nitrogens with one attached hydrogen (secondary N) is 1. The Kier molecular flexibility index (Phi) is 7.24. The van der Waals surface area contributed by atoms with Crippen LogP contribution < -0.4 is 11.1 Å². The summed E-state index contributed by atoms with van der Waals surface area (Å²) in [5.74, 6) is -5.67. The van der Waals surface area contributed by atoms with E-state index in [-0.39, 0.29) is 0 Å². The molecule has 0 aliphatic heterocycles. The molecule has 0 fully saturated rings. The topological polar surface area (TPSA) is 99.1 Å². The first kappa shape index (κ1) is 19.6. The first-order chi connectivity index (χ1) is 10.0. The largest absolute Gasteiger partial charge is 0.490 e. The highest BCUT2D eigenvalue weighted by molar-refractivity contribution is 5.73. The summed E-state index contributed by atoms with van der Waals surface area (Å²) in [7, 11) is 0. The van der Waals surface area contributed by atoms with Gasteiger partial charge in [0.15, 0.2) is 0 Å². The third-order valence-electron chi connectivity index (χ3n) is 2.11. The van der Waals surface area contributed by atoms with E-state index in [1.54, 1.807) is 24.3 Å². The second-order valence-electron chi connectivity index (χ2n) is 3.91. The van der Waals surface area contributed by atoms with Crippen LogP contribution in [0.1, 0.15) is 5.56 Å². The lowest BCUT2D eigenvalue weighted by Gasteiger charge is -2.15. The number of alkyl halides is 5. The number of carbonyl (C=O) groups is 1. The van der Waals surface area contributed by atoms with Gasteiger partial charge in [-0.3, -0.25) is 0 Å². The Morgan fingerprint density at radius 3 is 2.00 bits per heavy atom. The molecule has 0 saturated heterocycles. The van der Waals surface area contributed by atoms with Gasteiger partial charge in [0.2, 0.25) is 0 Å². The van der Waals surface area contributed by atoms with Crippen LogP contribution >= 0.6 is 0 Å². The van der Waals surface area contributed by atoms with Gasteiger partial charge in [0, 0.05) is 5.69 Å². The number of hydrogen-bond donors (Lipinski definition) is 3. The second kappa shape index (κ2) is 8.14. The van der Waals surface area contributed by atoms with Gasteiger partial charge in [-0.1, -0.05) is 0 Å². The summed E-state index contributed by atoms with van der Waals surface area (Å²) in [5, 5.41) is 18.2. The molecule has 5 nitrogen and oxygen atoms in total. The number of aliphatic carboxylic acids is 1. The maximum Gasteiger partial charge on any atom is 0.490 e. The lowest BCUT2D eigenvalue weighted by molar-refractivity contribution is -0.192. The van der Waals surface area contributed by atoms with Gasteiger partial charge < -0.3 is 16.2 Å². The predicted octanol–water partition coefficient (Wildman–Crippen LogP) is 2.20. The van der Waals surface area contributed by atoms with Crippen molar-refractivity contribution in [2.24, 2.45) is 5.73 Å². The van der Waals surface area contributed by atoms with Crippen LogP contribution in [0.3, 0.4) is 0 Å². The number of nitrogens with two attached hydrogens (primary N) is 1. The summed E-state index contributed by atoms with van der Waals surface area (Å²) >= 11 is 0. The van der Waals surface area contributed by atoms with Crippen molar-refractivity contribution < 1.29 is 31.9 Å². The lowest BCUT2D eigenvalue weighted by Crippen LogP contribution is -2.35. The highest BCUT2D eigenvalue weighted by Crippen LogP contribution is 2.14. The highest BCUT2D eigenvalue weighted by atomic mass is 19.4. The molecule has 0 amide bonds. The molecular weight excluding hydrogens is 313 g/mol. The van der Waals surface area contributed by atoms with Crippen LogP contribution in [0.2, 0.25) is 0 Å². The van der Waals surface area contributed by atoms with Crippen LogP contribution in [0.5, 0.6) is 0 Å². The van der Waals surface area contributed by atoms with Crippen LogP contribution in [0, 0.1) is 11.3 Å². The van der Waals surface area contributed by atoms with Crippen molar-refractivity contribution in [3.8, 4) is 6.07 Å². The molecule has 1 aromatic carbocycles. The van der Waals surface area contributed by atoms with Crippen molar-refractivity contribution >= 4 is 11.7 Å². The number of carboxylic acids is 1. The molecule has 122 valence electrons. The van der Waals surface area contributed by atoms with Crippen LogP contribution in [0.4, 0.5) is 27.6 Å². The highest BCUT2D eigenvalue weighted by Gasteiger charge is 2.38. The molecule has 1 aromatic rings. The Morgan fingerprint density at radius 1 is 1.23 bits per heavy atom. The van der Waals surface area contributed by atoms with Crippen molar-refractivity contribution in [1.82, 2.24) is 0 Å². The molecule has 10 heteroatoms. The summed E-state index contributed by atoms with van der Waals surface area (Å²) < 4.78 is 57.2. The Labute approximate surface area is 122 Å². The van der Waals surface area contributed by atoms with E-state index in [2.05, 4.69) is 5.32 Å². The van der Waals surface area contributed by atoms with Gasteiger partial charge in [-0.15, -0.1) is 0 Å². The fourth-order valence-corrected chi connectivity index (χ4v) is 0.966. The molecule has 4 N–H and O–H groups in total. The molecule has 0 aliphatic carbocycles. The summed E-state index contributed by atoms with van der Waals surface area (Å²) in [6.45, 7) is -1.19. The van der Waals surface area contributed by atoms with Crippen molar-refractivity contribution in [3.05, 3.63) is 29.8 Å². The summed E-state index contributed by atoms with van der Waals surface area (Å²) in [5.41, 5.74) is 5.92. The minimum Gasteiger partial charge on any atom is -0.475 e. The van der Waals surface area contributed by atoms with E-state index in [0.29, 0.717) is 11.3 Å². The van der Waals surface area contributed by atoms with E-state index < -0.39 is 31.2 Å². The van der Waals surface area contributed by atoms with Gasteiger partial charge in [-0.25, -0.2) is 13.6 Å². The Morgan fingerprint density at radius 2 is 1.68 bits per heavy atom. The van der Waals surface area contributed by atoms with E-state index in [1.807, 2.05) is 6.07 Å². The van der Waals surface area contributed by atoms with Crippen molar-refractivity contribution in [1.29, 1.82) is 5.26 Å². The number of nitrogens with zero attached hydrogens (tertiary/aromatic N) is 1. The van der Waals surface area contributed by atoms with Gasteiger partial charge in [-0.05, 0) is 24.3 Å². The fraction of sp³-hybridized carbons (Fsp3) is 0.333. The molecule has 0 saturated carbocycles. The number of anilines is 1. The standard InChI is InChI=1S/C10H11F2N3.C2HF3O2/c11-10(12,6-14)7-15-9-3-1-8(5-13)2-4-9;3-2(4,5)1(6)7/h1-4,15H,6-7,14H2;(H,6,7). The zero-order valence-electron chi connectivity index (χ0n) is 11.0. The minimum atomic E-state index is -5.08. The van der Waals surface area contributed by atoms with Gasteiger partial charge >= 0.3 is 12.1 Å². The second-order valence-corrected chi connectivity index (χ2v) is 3.91. The number of nitriles is 1. The molecule has 0 aromatic heterocycles. The Balaban J connectivity index is 0.000000534. The van der Waals surface area contributed by atoms with Gasteiger partial charge in [0.1, 0.15) is 0 Å². The van der Waals surface area contributed by atoms with Crippen LogP contribution in [-0.2, 0) is 4.79 Å². The maximum absolute atomic E-state index is 12.7. The van der Waals surface area contributed by atoms with E-state index in [0.717, 1.165) is 0 Å². The third kappa shape index (κ3) is 8.01. The first-order valence-corrected chi connectivity index (χ1v) is 5.64. The molecular formula is C12H12F5N3O2. The fourth-order valence-electron chi connectivity index (χ4n) is 0.966. The summed E-state index contributed by atoms with van der Waals surface area (Å²) in [6.07, 6.45) is -5.08. The average molecular weight is 325 g/mol. The predicted molar refractivity (Wildman–Crippen MR) is 67.3 cm³/mol. The smallest absolute Gasteiger partial charge is 0.475 e. The molecule has 0 bridgehead atoms. The van der Waals surface area contributed by atoms with E-state index in [1.165, 1.54) is 0 Å². The normalized spacial score (nSPS) is 11.0. The quantitative estimate of drug-likeness (QED) is 0.737.